The minimum Gasteiger partial charge on any atom is -0.390 e. The predicted molar refractivity (Wildman–Crippen MR) is 95.2 cm³/mol. The Morgan fingerprint density at radius 1 is 1.16 bits per heavy atom. The van der Waals surface area contributed by atoms with Crippen LogP contribution in [0, 0.1) is 6.92 Å². The van der Waals surface area contributed by atoms with Crippen LogP contribution in [0.1, 0.15) is 27.2 Å². The zero-order valence-corrected chi connectivity index (χ0v) is 14.4. The van der Waals surface area contributed by atoms with E-state index in [1.165, 1.54) is 11.1 Å². The number of aryl methyl sites for hydroxylation is 1. The third-order valence-electron chi connectivity index (χ3n) is 5.33. The zero-order valence-electron chi connectivity index (χ0n) is 14.4. The second-order valence-electron chi connectivity index (χ2n) is 7.02. The van der Waals surface area contributed by atoms with Crippen molar-refractivity contribution in [1.82, 2.24) is 14.8 Å². The van der Waals surface area contributed by atoms with E-state index in [-0.39, 0.29) is 11.9 Å². The molecule has 1 fully saturated rings. The molecule has 3 heterocycles. The summed E-state index contributed by atoms with van der Waals surface area (Å²) in [5, 5.41) is 10.5. The predicted octanol–water partition coefficient (Wildman–Crippen LogP) is 1.63. The maximum absolute atomic E-state index is 12.7. The molecule has 1 aromatic heterocycles. The molecule has 2 atom stereocenters. The summed E-state index contributed by atoms with van der Waals surface area (Å²) in [7, 11) is 0. The molecule has 2 aliphatic rings. The van der Waals surface area contributed by atoms with Crippen molar-refractivity contribution in [3.05, 3.63) is 65.0 Å². The molecule has 0 spiro atoms. The standard InChI is InChI=1S/C20H23N3O2/c1-14-6-7-16(10-21-14)20(25)23-12-18(19(24)13-23)22-9-8-15-4-2-3-5-17(15)11-22/h2-7,10,18-19,24H,8-9,11-13H2,1H3/t18-,19-/m1/s1. The average Bonchev–Trinajstić information content (AvgIpc) is 3.03. The number of benzene rings is 1. The fraction of sp³-hybridized carbons (Fsp3) is 0.400. The van der Waals surface area contributed by atoms with E-state index in [2.05, 4.69) is 34.1 Å². The van der Waals surface area contributed by atoms with E-state index in [4.69, 9.17) is 0 Å². The van der Waals surface area contributed by atoms with Gasteiger partial charge in [-0.25, -0.2) is 0 Å². The van der Waals surface area contributed by atoms with Gasteiger partial charge in [-0.15, -0.1) is 0 Å². The summed E-state index contributed by atoms with van der Waals surface area (Å²) in [5.74, 6) is -0.0496. The van der Waals surface area contributed by atoms with Crippen molar-refractivity contribution in [3.63, 3.8) is 0 Å². The molecule has 0 bridgehead atoms. The largest absolute Gasteiger partial charge is 0.390 e. The van der Waals surface area contributed by atoms with Crippen molar-refractivity contribution in [2.45, 2.75) is 32.0 Å². The Morgan fingerprint density at radius 3 is 2.72 bits per heavy atom. The van der Waals surface area contributed by atoms with Crippen molar-refractivity contribution in [2.75, 3.05) is 19.6 Å². The summed E-state index contributed by atoms with van der Waals surface area (Å²) in [6, 6.07) is 12.1. The third-order valence-corrected chi connectivity index (χ3v) is 5.33. The molecule has 0 radical (unpaired) electrons. The zero-order chi connectivity index (χ0) is 17.4. The Labute approximate surface area is 147 Å². The molecule has 0 aliphatic carbocycles. The van der Waals surface area contributed by atoms with Gasteiger partial charge in [0.25, 0.3) is 5.91 Å². The number of likely N-dealkylation sites (tertiary alicyclic amines) is 1. The van der Waals surface area contributed by atoms with Crippen LogP contribution in [0.25, 0.3) is 0 Å². The topological polar surface area (TPSA) is 56.7 Å². The van der Waals surface area contributed by atoms with Crippen molar-refractivity contribution in [2.24, 2.45) is 0 Å². The smallest absolute Gasteiger partial charge is 0.255 e. The van der Waals surface area contributed by atoms with Crippen LogP contribution in [0.5, 0.6) is 0 Å². The van der Waals surface area contributed by atoms with E-state index in [1.807, 2.05) is 19.1 Å². The molecule has 2 aromatic rings. The molecule has 1 saturated heterocycles. The summed E-state index contributed by atoms with van der Waals surface area (Å²) in [6.07, 6.45) is 2.11. The summed E-state index contributed by atoms with van der Waals surface area (Å²) >= 11 is 0. The Hall–Kier alpha value is -2.24. The fourth-order valence-electron chi connectivity index (χ4n) is 3.87. The number of β-amino-alcohol motifs (C(OH)–C–C–N with tert-alkyl or cyclic N) is 1. The highest BCUT2D eigenvalue weighted by Crippen LogP contribution is 2.25. The molecule has 1 N–H and O–H groups in total. The molecule has 4 rings (SSSR count). The molecule has 130 valence electrons. The van der Waals surface area contributed by atoms with E-state index in [0.29, 0.717) is 18.7 Å². The van der Waals surface area contributed by atoms with Crippen LogP contribution in [0.3, 0.4) is 0 Å². The number of pyridine rings is 1. The summed E-state index contributed by atoms with van der Waals surface area (Å²) in [5.41, 5.74) is 4.20. The quantitative estimate of drug-likeness (QED) is 0.905. The Balaban J connectivity index is 1.46. The minimum absolute atomic E-state index is 0.00397. The van der Waals surface area contributed by atoms with Gasteiger partial charge in [-0.05, 0) is 36.6 Å². The van der Waals surface area contributed by atoms with E-state index in [1.54, 1.807) is 11.1 Å². The van der Waals surface area contributed by atoms with E-state index < -0.39 is 6.10 Å². The molecule has 5 nitrogen and oxygen atoms in total. The van der Waals surface area contributed by atoms with Crippen LogP contribution in [-0.2, 0) is 13.0 Å². The van der Waals surface area contributed by atoms with Gasteiger partial charge in [-0.1, -0.05) is 24.3 Å². The highest BCUT2D eigenvalue weighted by atomic mass is 16.3. The number of aliphatic hydroxyl groups excluding tert-OH is 1. The Bertz CT molecular complexity index is 775. The summed E-state index contributed by atoms with van der Waals surface area (Å²) in [6.45, 7) is 4.61. The molecule has 0 saturated carbocycles. The number of hydrogen-bond donors (Lipinski definition) is 1. The molecular weight excluding hydrogens is 314 g/mol. The number of aliphatic hydroxyl groups is 1. The highest BCUT2D eigenvalue weighted by Gasteiger charge is 2.38. The first-order valence-electron chi connectivity index (χ1n) is 8.82. The van der Waals surface area contributed by atoms with Crippen LogP contribution in [0.15, 0.2) is 42.6 Å². The minimum atomic E-state index is -0.507. The Morgan fingerprint density at radius 2 is 1.96 bits per heavy atom. The fourth-order valence-corrected chi connectivity index (χ4v) is 3.87. The van der Waals surface area contributed by atoms with Gasteiger partial charge in [-0.3, -0.25) is 14.7 Å². The van der Waals surface area contributed by atoms with Gasteiger partial charge in [0.05, 0.1) is 17.7 Å². The van der Waals surface area contributed by atoms with Crippen LogP contribution in [-0.4, -0.2) is 57.6 Å². The van der Waals surface area contributed by atoms with E-state index >= 15 is 0 Å². The van der Waals surface area contributed by atoms with Gasteiger partial charge in [0.1, 0.15) is 0 Å². The van der Waals surface area contributed by atoms with E-state index in [9.17, 15) is 9.90 Å². The molecule has 2 aliphatic heterocycles. The summed E-state index contributed by atoms with van der Waals surface area (Å²) in [4.78, 5) is 21.0. The maximum atomic E-state index is 12.7. The molecule has 25 heavy (non-hydrogen) atoms. The van der Waals surface area contributed by atoms with Crippen molar-refractivity contribution < 1.29 is 9.90 Å². The first kappa shape index (κ1) is 16.2. The molecular formula is C20H23N3O2. The number of fused-ring (bicyclic) bond motifs is 1. The number of carbonyl (C=O) groups is 1. The lowest BCUT2D eigenvalue weighted by Crippen LogP contribution is -2.45. The van der Waals surface area contributed by atoms with Gasteiger partial charge in [0, 0.05) is 38.1 Å². The highest BCUT2D eigenvalue weighted by molar-refractivity contribution is 5.94. The Kier molecular flexibility index (Phi) is 4.27. The second kappa shape index (κ2) is 6.58. The van der Waals surface area contributed by atoms with Crippen LogP contribution >= 0.6 is 0 Å². The van der Waals surface area contributed by atoms with Gasteiger partial charge in [0.15, 0.2) is 0 Å². The number of nitrogens with zero attached hydrogens (tertiary/aromatic N) is 3. The number of rotatable bonds is 2. The lowest BCUT2D eigenvalue weighted by molar-refractivity contribution is 0.0735. The van der Waals surface area contributed by atoms with Crippen molar-refractivity contribution >= 4 is 5.91 Å². The number of carbonyl (C=O) groups excluding carboxylic acids is 1. The van der Waals surface area contributed by atoms with Gasteiger partial charge in [-0.2, -0.15) is 0 Å². The lowest BCUT2D eigenvalue weighted by Gasteiger charge is -2.34. The lowest BCUT2D eigenvalue weighted by atomic mass is 9.98. The van der Waals surface area contributed by atoms with Crippen molar-refractivity contribution in [1.29, 1.82) is 0 Å². The number of aromatic nitrogens is 1. The van der Waals surface area contributed by atoms with Gasteiger partial charge in [0.2, 0.25) is 0 Å². The van der Waals surface area contributed by atoms with E-state index in [0.717, 1.165) is 25.2 Å². The second-order valence-corrected chi connectivity index (χ2v) is 7.02. The average molecular weight is 337 g/mol. The van der Waals surface area contributed by atoms with Crippen molar-refractivity contribution in [3.8, 4) is 0 Å². The normalized spacial score (nSPS) is 23.5. The molecule has 0 unspecified atom stereocenters. The number of hydrogen-bond acceptors (Lipinski definition) is 4. The van der Waals surface area contributed by atoms with Crippen LogP contribution < -0.4 is 0 Å². The monoisotopic (exact) mass is 337 g/mol. The third kappa shape index (κ3) is 3.17. The van der Waals surface area contributed by atoms with Gasteiger partial charge >= 0.3 is 0 Å². The first-order valence-corrected chi connectivity index (χ1v) is 8.82. The first-order chi connectivity index (χ1) is 12.1. The molecule has 1 amide bonds. The molecule has 5 heteroatoms. The van der Waals surface area contributed by atoms with Crippen LogP contribution in [0.4, 0.5) is 0 Å². The SMILES string of the molecule is Cc1ccc(C(=O)N2C[C@@H](O)[C@H](N3CCc4ccccc4C3)C2)cn1. The molecule has 1 aromatic carbocycles. The maximum Gasteiger partial charge on any atom is 0.255 e. The number of amides is 1. The summed E-state index contributed by atoms with van der Waals surface area (Å²) < 4.78 is 0. The van der Waals surface area contributed by atoms with Crippen LogP contribution in [0.2, 0.25) is 0 Å². The van der Waals surface area contributed by atoms with Gasteiger partial charge < -0.3 is 10.0 Å².